The number of sulfonamides is 1. The van der Waals surface area contributed by atoms with Crippen LogP contribution in [0.25, 0.3) is 0 Å². The summed E-state index contributed by atoms with van der Waals surface area (Å²) < 4.78 is 27.8. The van der Waals surface area contributed by atoms with Gasteiger partial charge in [-0.05, 0) is 31.0 Å². The molecule has 1 amide bonds. The molecule has 0 unspecified atom stereocenters. The van der Waals surface area contributed by atoms with Crippen LogP contribution in [0.3, 0.4) is 0 Å². The fraction of sp³-hybridized carbons (Fsp3) is 0.476. The first-order valence-corrected chi connectivity index (χ1v) is 11.7. The van der Waals surface area contributed by atoms with Gasteiger partial charge in [-0.15, -0.1) is 0 Å². The van der Waals surface area contributed by atoms with Crippen LogP contribution in [-0.2, 0) is 16.4 Å². The predicted molar refractivity (Wildman–Crippen MR) is 114 cm³/mol. The molecule has 0 spiro atoms. The van der Waals surface area contributed by atoms with E-state index in [1.807, 2.05) is 13.0 Å². The number of benzene rings is 1. The average Bonchev–Trinajstić information content (AvgIpc) is 2.73. The van der Waals surface area contributed by atoms with Crippen molar-refractivity contribution >= 4 is 21.7 Å². The van der Waals surface area contributed by atoms with Gasteiger partial charge in [-0.1, -0.05) is 19.9 Å². The molecule has 1 aromatic carbocycles. The Kier molecular flexibility index (Phi) is 5.50. The third-order valence-corrected chi connectivity index (χ3v) is 7.48. The average molecular weight is 430 g/mol. The summed E-state index contributed by atoms with van der Waals surface area (Å²) in [5.74, 6) is 1.66. The number of amides is 1. The van der Waals surface area contributed by atoms with E-state index in [9.17, 15) is 13.2 Å². The SMILES string of the molecule is Cc1cc(N2CCN(S(=O)(=O)c3ccc4c(c3)C(=O)NCC4)CC2)nc(C(C)C)n1. The van der Waals surface area contributed by atoms with E-state index in [-0.39, 0.29) is 16.7 Å². The number of hydrogen-bond donors (Lipinski definition) is 1. The highest BCUT2D eigenvalue weighted by atomic mass is 32.2. The number of nitrogens with one attached hydrogen (secondary N) is 1. The number of fused-ring (bicyclic) bond motifs is 1. The monoisotopic (exact) mass is 429 g/mol. The van der Waals surface area contributed by atoms with Gasteiger partial charge < -0.3 is 10.2 Å². The van der Waals surface area contributed by atoms with Crippen LogP contribution in [0.4, 0.5) is 5.82 Å². The highest BCUT2D eigenvalue weighted by molar-refractivity contribution is 7.89. The molecule has 0 saturated carbocycles. The van der Waals surface area contributed by atoms with Crippen molar-refractivity contribution in [2.75, 3.05) is 37.6 Å². The van der Waals surface area contributed by atoms with Crippen molar-refractivity contribution in [1.29, 1.82) is 0 Å². The van der Waals surface area contributed by atoms with Crippen LogP contribution in [0, 0.1) is 6.92 Å². The third kappa shape index (κ3) is 3.91. The van der Waals surface area contributed by atoms with Gasteiger partial charge >= 0.3 is 0 Å². The molecule has 1 N–H and O–H groups in total. The van der Waals surface area contributed by atoms with Crippen molar-refractivity contribution in [2.24, 2.45) is 0 Å². The Hall–Kier alpha value is -2.52. The van der Waals surface area contributed by atoms with Gasteiger partial charge in [-0.3, -0.25) is 4.79 Å². The van der Waals surface area contributed by atoms with Gasteiger partial charge in [0.1, 0.15) is 11.6 Å². The molecule has 2 aliphatic heterocycles. The Balaban J connectivity index is 1.51. The van der Waals surface area contributed by atoms with Gasteiger partial charge in [0.15, 0.2) is 0 Å². The molecule has 1 fully saturated rings. The summed E-state index contributed by atoms with van der Waals surface area (Å²) in [6, 6.07) is 6.82. The Morgan fingerprint density at radius 3 is 2.50 bits per heavy atom. The van der Waals surface area contributed by atoms with Crippen LogP contribution in [0.2, 0.25) is 0 Å². The van der Waals surface area contributed by atoms with Crippen LogP contribution >= 0.6 is 0 Å². The van der Waals surface area contributed by atoms with E-state index >= 15 is 0 Å². The number of rotatable bonds is 4. The lowest BCUT2D eigenvalue weighted by Crippen LogP contribution is -2.49. The molecule has 1 saturated heterocycles. The maximum absolute atomic E-state index is 13.2. The highest BCUT2D eigenvalue weighted by Crippen LogP contribution is 2.24. The summed E-state index contributed by atoms with van der Waals surface area (Å²) in [5, 5.41) is 2.77. The minimum absolute atomic E-state index is 0.173. The van der Waals surface area contributed by atoms with E-state index < -0.39 is 10.0 Å². The lowest BCUT2D eigenvalue weighted by Gasteiger charge is -2.35. The first kappa shape index (κ1) is 20.7. The normalized spacial score (nSPS) is 17.7. The van der Waals surface area contributed by atoms with E-state index in [2.05, 4.69) is 34.0 Å². The second kappa shape index (κ2) is 7.96. The summed E-state index contributed by atoms with van der Waals surface area (Å²) in [7, 11) is -3.66. The Bertz CT molecular complexity index is 1080. The molecule has 0 radical (unpaired) electrons. The Morgan fingerprint density at radius 2 is 1.80 bits per heavy atom. The van der Waals surface area contributed by atoms with Crippen molar-refractivity contribution < 1.29 is 13.2 Å². The zero-order valence-electron chi connectivity index (χ0n) is 17.6. The van der Waals surface area contributed by atoms with Crippen LogP contribution in [0.15, 0.2) is 29.2 Å². The lowest BCUT2D eigenvalue weighted by molar-refractivity contribution is 0.0945. The number of nitrogens with zero attached hydrogens (tertiary/aromatic N) is 4. The van der Waals surface area contributed by atoms with E-state index in [0.29, 0.717) is 38.3 Å². The number of hydrogen-bond acceptors (Lipinski definition) is 6. The van der Waals surface area contributed by atoms with Crippen molar-refractivity contribution in [3.8, 4) is 0 Å². The van der Waals surface area contributed by atoms with Crippen LogP contribution in [-0.4, -0.2) is 61.3 Å². The van der Waals surface area contributed by atoms with E-state index in [4.69, 9.17) is 0 Å². The molecule has 30 heavy (non-hydrogen) atoms. The first-order chi connectivity index (χ1) is 14.3. The van der Waals surface area contributed by atoms with Gasteiger partial charge in [-0.2, -0.15) is 4.31 Å². The summed E-state index contributed by atoms with van der Waals surface area (Å²) in [4.78, 5) is 23.5. The van der Waals surface area contributed by atoms with Gasteiger partial charge in [0.05, 0.1) is 4.90 Å². The molecule has 160 valence electrons. The molecule has 2 aliphatic rings. The quantitative estimate of drug-likeness (QED) is 0.795. The molecular weight excluding hydrogens is 402 g/mol. The number of anilines is 1. The summed E-state index contributed by atoms with van der Waals surface area (Å²) in [5.41, 5.74) is 2.26. The minimum atomic E-state index is -3.66. The van der Waals surface area contributed by atoms with Crippen molar-refractivity contribution in [2.45, 2.75) is 38.0 Å². The molecule has 8 nitrogen and oxygen atoms in total. The highest BCUT2D eigenvalue weighted by Gasteiger charge is 2.30. The fourth-order valence-corrected chi connectivity index (χ4v) is 5.30. The maximum atomic E-state index is 13.2. The van der Waals surface area contributed by atoms with E-state index in [0.717, 1.165) is 29.3 Å². The Labute approximate surface area is 177 Å². The van der Waals surface area contributed by atoms with E-state index in [1.54, 1.807) is 12.1 Å². The van der Waals surface area contributed by atoms with Gasteiger partial charge in [0.25, 0.3) is 5.91 Å². The molecular formula is C21H27N5O3S. The largest absolute Gasteiger partial charge is 0.354 e. The van der Waals surface area contributed by atoms with Gasteiger partial charge in [-0.25, -0.2) is 18.4 Å². The number of aromatic nitrogens is 2. The molecule has 3 heterocycles. The standard InChI is InChI=1S/C21H27N5O3S/c1-14(2)20-23-15(3)12-19(24-20)25-8-10-26(11-9-25)30(28,29)17-5-4-16-6-7-22-21(27)18(16)13-17/h4-5,12-14H,6-11H2,1-3H3,(H,22,27). The molecule has 0 atom stereocenters. The summed E-state index contributed by atoms with van der Waals surface area (Å²) in [6.45, 7) is 8.49. The lowest BCUT2D eigenvalue weighted by atomic mass is 10.0. The Morgan fingerprint density at radius 1 is 1.07 bits per heavy atom. The third-order valence-electron chi connectivity index (χ3n) is 5.58. The molecule has 9 heteroatoms. The summed E-state index contributed by atoms with van der Waals surface area (Å²) in [6.07, 6.45) is 0.719. The summed E-state index contributed by atoms with van der Waals surface area (Å²) >= 11 is 0. The van der Waals surface area contributed by atoms with Crippen molar-refractivity contribution in [1.82, 2.24) is 19.6 Å². The number of piperazine rings is 1. The van der Waals surface area contributed by atoms with Crippen LogP contribution in [0.1, 0.15) is 47.2 Å². The number of aryl methyl sites for hydroxylation is 1. The maximum Gasteiger partial charge on any atom is 0.251 e. The smallest absolute Gasteiger partial charge is 0.251 e. The van der Waals surface area contributed by atoms with Gasteiger partial charge in [0, 0.05) is 56.0 Å². The van der Waals surface area contributed by atoms with Crippen molar-refractivity contribution in [3.63, 3.8) is 0 Å². The van der Waals surface area contributed by atoms with Crippen LogP contribution < -0.4 is 10.2 Å². The minimum Gasteiger partial charge on any atom is -0.354 e. The molecule has 0 aliphatic carbocycles. The first-order valence-electron chi connectivity index (χ1n) is 10.3. The van der Waals surface area contributed by atoms with Crippen LogP contribution in [0.5, 0.6) is 0 Å². The second-order valence-corrected chi connectivity index (χ2v) is 10.0. The topological polar surface area (TPSA) is 95.5 Å². The number of carbonyl (C=O) groups is 1. The van der Waals surface area contributed by atoms with E-state index in [1.165, 1.54) is 10.4 Å². The molecule has 4 rings (SSSR count). The predicted octanol–water partition coefficient (Wildman–Crippen LogP) is 1.71. The zero-order valence-corrected chi connectivity index (χ0v) is 18.4. The van der Waals surface area contributed by atoms with Gasteiger partial charge in [0.2, 0.25) is 10.0 Å². The molecule has 1 aromatic heterocycles. The number of carbonyl (C=O) groups excluding carboxylic acids is 1. The second-order valence-electron chi connectivity index (χ2n) is 8.10. The van der Waals surface area contributed by atoms with Crippen molar-refractivity contribution in [3.05, 3.63) is 46.9 Å². The molecule has 2 aromatic rings. The fourth-order valence-electron chi connectivity index (χ4n) is 3.85. The zero-order chi connectivity index (χ0) is 21.5. The molecule has 0 bridgehead atoms.